The highest BCUT2D eigenvalue weighted by Gasteiger charge is 2.17. The van der Waals surface area contributed by atoms with Gasteiger partial charge >= 0.3 is 0 Å². The first-order chi connectivity index (χ1) is 9.81. The molecule has 3 heteroatoms. The number of para-hydroxylation sites is 1. The molecule has 1 aromatic heterocycles. The first-order valence-electron chi connectivity index (χ1n) is 6.46. The highest BCUT2D eigenvalue weighted by Crippen LogP contribution is 2.32. The number of hydrogen-bond acceptors (Lipinski definition) is 3. The van der Waals surface area contributed by atoms with E-state index in [0.717, 1.165) is 22.0 Å². The summed E-state index contributed by atoms with van der Waals surface area (Å²) in [4.78, 5) is 4.32. The number of aliphatic hydroxyl groups excluding tert-OH is 1. The largest absolute Gasteiger partial charge is 0.496 e. The number of fused-ring (bicyclic) bond motifs is 1. The zero-order valence-electron chi connectivity index (χ0n) is 11.2. The normalized spacial score (nSPS) is 12.3. The molecule has 1 heterocycles. The predicted octanol–water partition coefficient (Wildman–Crippen LogP) is 3.33. The fourth-order valence-corrected chi connectivity index (χ4v) is 2.43. The number of aliphatic hydroxyl groups is 1. The average molecular weight is 265 g/mol. The van der Waals surface area contributed by atoms with Crippen LogP contribution in [0.15, 0.2) is 60.8 Å². The molecule has 3 rings (SSSR count). The van der Waals surface area contributed by atoms with E-state index in [-0.39, 0.29) is 0 Å². The van der Waals surface area contributed by atoms with E-state index in [2.05, 4.69) is 4.98 Å². The maximum atomic E-state index is 10.7. The smallest absolute Gasteiger partial charge is 0.125 e. The van der Waals surface area contributed by atoms with Gasteiger partial charge in [-0.1, -0.05) is 36.4 Å². The van der Waals surface area contributed by atoms with Crippen molar-refractivity contribution in [3.05, 3.63) is 71.9 Å². The zero-order chi connectivity index (χ0) is 13.9. The Morgan fingerprint density at radius 1 is 0.950 bits per heavy atom. The van der Waals surface area contributed by atoms with E-state index in [1.165, 1.54) is 0 Å². The fourth-order valence-electron chi connectivity index (χ4n) is 2.43. The number of aromatic nitrogens is 1. The average Bonchev–Trinajstić information content (AvgIpc) is 2.53. The lowest BCUT2D eigenvalue weighted by Gasteiger charge is -2.16. The van der Waals surface area contributed by atoms with Crippen LogP contribution in [0.25, 0.3) is 10.9 Å². The molecular formula is C17H15NO2. The minimum Gasteiger partial charge on any atom is -0.496 e. The van der Waals surface area contributed by atoms with Crippen LogP contribution in [0.5, 0.6) is 5.75 Å². The summed E-state index contributed by atoms with van der Waals surface area (Å²) in [5, 5.41) is 11.6. The van der Waals surface area contributed by atoms with Crippen molar-refractivity contribution in [2.75, 3.05) is 7.11 Å². The molecule has 1 N–H and O–H groups in total. The standard InChI is InChI=1S/C17H15NO2/c1-20-16-10-3-2-6-14(16)17(19)13-7-4-9-15-12(13)8-5-11-18-15/h2-11,17,19H,1H3. The Hall–Kier alpha value is -2.39. The van der Waals surface area contributed by atoms with Gasteiger partial charge in [0.05, 0.1) is 12.6 Å². The van der Waals surface area contributed by atoms with Crippen molar-refractivity contribution in [2.24, 2.45) is 0 Å². The van der Waals surface area contributed by atoms with E-state index in [1.54, 1.807) is 13.3 Å². The molecule has 100 valence electrons. The van der Waals surface area contributed by atoms with Crippen LogP contribution >= 0.6 is 0 Å². The van der Waals surface area contributed by atoms with Crippen molar-refractivity contribution in [3.8, 4) is 5.75 Å². The van der Waals surface area contributed by atoms with Crippen molar-refractivity contribution in [1.82, 2.24) is 4.98 Å². The summed E-state index contributed by atoms with van der Waals surface area (Å²) in [6.45, 7) is 0. The molecule has 3 nitrogen and oxygen atoms in total. The van der Waals surface area contributed by atoms with Gasteiger partial charge in [-0.15, -0.1) is 0 Å². The molecule has 0 bridgehead atoms. The molecule has 0 radical (unpaired) electrons. The summed E-state index contributed by atoms with van der Waals surface area (Å²) in [7, 11) is 1.61. The van der Waals surface area contributed by atoms with Gasteiger partial charge in [-0.05, 0) is 23.8 Å². The number of rotatable bonds is 3. The minimum atomic E-state index is -0.737. The Balaban J connectivity index is 2.15. The second-order valence-electron chi connectivity index (χ2n) is 4.56. The van der Waals surface area contributed by atoms with Crippen molar-refractivity contribution in [2.45, 2.75) is 6.10 Å². The second kappa shape index (κ2) is 5.31. The molecule has 0 spiro atoms. The zero-order valence-corrected chi connectivity index (χ0v) is 11.2. The predicted molar refractivity (Wildman–Crippen MR) is 78.8 cm³/mol. The Morgan fingerprint density at radius 2 is 1.75 bits per heavy atom. The molecule has 0 aliphatic heterocycles. The van der Waals surface area contributed by atoms with Crippen LogP contribution in [-0.2, 0) is 0 Å². The summed E-state index contributed by atoms with van der Waals surface area (Å²) in [5.74, 6) is 0.681. The molecule has 0 saturated carbocycles. The molecule has 0 aliphatic rings. The first-order valence-corrected chi connectivity index (χ1v) is 6.46. The van der Waals surface area contributed by atoms with Crippen molar-refractivity contribution in [1.29, 1.82) is 0 Å². The van der Waals surface area contributed by atoms with Crippen LogP contribution in [0.3, 0.4) is 0 Å². The van der Waals surface area contributed by atoms with Gasteiger partial charge in [0.25, 0.3) is 0 Å². The Morgan fingerprint density at radius 3 is 2.60 bits per heavy atom. The topological polar surface area (TPSA) is 42.4 Å². The summed E-state index contributed by atoms with van der Waals surface area (Å²) in [5.41, 5.74) is 2.46. The molecular weight excluding hydrogens is 250 g/mol. The van der Waals surface area contributed by atoms with Gasteiger partial charge in [-0.25, -0.2) is 0 Å². The number of methoxy groups -OCH3 is 1. The lowest BCUT2D eigenvalue weighted by atomic mass is 9.97. The van der Waals surface area contributed by atoms with Crippen LogP contribution < -0.4 is 4.74 Å². The van der Waals surface area contributed by atoms with Gasteiger partial charge < -0.3 is 9.84 Å². The van der Waals surface area contributed by atoms with Crippen LogP contribution in [0.2, 0.25) is 0 Å². The molecule has 0 saturated heterocycles. The highest BCUT2D eigenvalue weighted by atomic mass is 16.5. The van der Waals surface area contributed by atoms with Gasteiger partial charge in [0, 0.05) is 17.1 Å². The summed E-state index contributed by atoms with van der Waals surface area (Å²) >= 11 is 0. The van der Waals surface area contributed by atoms with Gasteiger partial charge in [-0.2, -0.15) is 0 Å². The van der Waals surface area contributed by atoms with Gasteiger partial charge in [0.1, 0.15) is 11.9 Å². The van der Waals surface area contributed by atoms with Crippen molar-refractivity contribution >= 4 is 10.9 Å². The molecule has 1 atom stereocenters. The van der Waals surface area contributed by atoms with E-state index >= 15 is 0 Å². The third-order valence-electron chi connectivity index (χ3n) is 3.41. The van der Waals surface area contributed by atoms with Crippen LogP contribution in [0, 0.1) is 0 Å². The molecule has 3 aromatic rings. The maximum Gasteiger partial charge on any atom is 0.125 e. The molecule has 0 amide bonds. The summed E-state index contributed by atoms with van der Waals surface area (Å²) in [6.07, 6.45) is 1.01. The van der Waals surface area contributed by atoms with Crippen LogP contribution in [0.4, 0.5) is 0 Å². The molecule has 1 unspecified atom stereocenters. The highest BCUT2D eigenvalue weighted by molar-refractivity contribution is 5.82. The van der Waals surface area contributed by atoms with E-state index in [0.29, 0.717) is 5.75 Å². The molecule has 2 aromatic carbocycles. The third kappa shape index (κ3) is 2.12. The monoisotopic (exact) mass is 265 g/mol. The Kier molecular flexibility index (Phi) is 3.35. The minimum absolute atomic E-state index is 0.681. The van der Waals surface area contributed by atoms with Crippen molar-refractivity contribution < 1.29 is 9.84 Å². The molecule has 0 aliphatic carbocycles. The van der Waals surface area contributed by atoms with E-state index in [9.17, 15) is 5.11 Å². The first kappa shape index (κ1) is 12.6. The van der Waals surface area contributed by atoms with Gasteiger partial charge in [0.15, 0.2) is 0 Å². The maximum absolute atomic E-state index is 10.7. The number of ether oxygens (including phenoxy) is 1. The number of benzene rings is 2. The summed E-state index contributed by atoms with van der Waals surface area (Å²) < 4.78 is 5.32. The van der Waals surface area contributed by atoms with Crippen LogP contribution in [-0.4, -0.2) is 17.2 Å². The lowest BCUT2D eigenvalue weighted by Crippen LogP contribution is -2.03. The molecule has 20 heavy (non-hydrogen) atoms. The van der Waals surface area contributed by atoms with Crippen LogP contribution in [0.1, 0.15) is 17.2 Å². The fraction of sp³-hybridized carbons (Fsp3) is 0.118. The summed E-state index contributed by atoms with van der Waals surface area (Å²) in [6, 6.07) is 17.1. The lowest BCUT2D eigenvalue weighted by molar-refractivity contribution is 0.216. The second-order valence-corrected chi connectivity index (χ2v) is 4.56. The quantitative estimate of drug-likeness (QED) is 0.790. The SMILES string of the molecule is COc1ccccc1C(O)c1cccc2ncccc12. The number of hydrogen-bond donors (Lipinski definition) is 1. The third-order valence-corrected chi connectivity index (χ3v) is 3.41. The van der Waals surface area contributed by atoms with Gasteiger partial charge in [0.2, 0.25) is 0 Å². The van der Waals surface area contributed by atoms with Gasteiger partial charge in [-0.3, -0.25) is 4.98 Å². The Labute approximate surface area is 117 Å². The van der Waals surface area contributed by atoms with E-state index in [1.807, 2.05) is 54.6 Å². The molecule has 0 fully saturated rings. The number of pyridine rings is 1. The van der Waals surface area contributed by atoms with E-state index < -0.39 is 6.10 Å². The Bertz CT molecular complexity index is 734. The number of nitrogens with zero attached hydrogens (tertiary/aromatic N) is 1. The van der Waals surface area contributed by atoms with E-state index in [4.69, 9.17) is 4.74 Å². The van der Waals surface area contributed by atoms with Crippen molar-refractivity contribution in [3.63, 3.8) is 0 Å².